The highest BCUT2D eigenvalue weighted by atomic mass is 16.7. The molecule has 15 heavy (non-hydrogen) atoms. The summed E-state index contributed by atoms with van der Waals surface area (Å²) in [6.45, 7) is 10.3. The van der Waals surface area contributed by atoms with E-state index >= 15 is 0 Å². The van der Waals surface area contributed by atoms with Gasteiger partial charge in [0.1, 0.15) is 0 Å². The van der Waals surface area contributed by atoms with E-state index in [2.05, 4.69) is 43.6 Å². The lowest BCUT2D eigenvalue weighted by atomic mass is 10.1. The first-order valence-corrected chi connectivity index (χ1v) is 5.38. The predicted octanol–water partition coefficient (Wildman–Crippen LogP) is 3.38. The van der Waals surface area contributed by atoms with Crippen LogP contribution in [-0.4, -0.2) is 5.60 Å². The molecule has 1 unspecified atom stereocenters. The second-order valence-corrected chi connectivity index (χ2v) is 4.96. The van der Waals surface area contributed by atoms with Crippen molar-refractivity contribution in [2.75, 3.05) is 0 Å². The van der Waals surface area contributed by atoms with E-state index in [1.165, 1.54) is 11.1 Å². The predicted molar refractivity (Wildman–Crippen MR) is 63.6 cm³/mol. The third-order valence-corrected chi connectivity index (χ3v) is 2.12. The van der Waals surface area contributed by atoms with Crippen molar-refractivity contribution in [3.8, 4) is 0 Å². The van der Waals surface area contributed by atoms with Crippen molar-refractivity contribution in [3.63, 3.8) is 0 Å². The molecule has 0 amide bonds. The largest absolute Gasteiger partial charge is 0.296 e. The Hall–Kier alpha value is -0.860. The molecule has 84 valence electrons. The van der Waals surface area contributed by atoms with E-state index in [0.717, 1.165) is 0 Å². The van der Waals surface area contributed by atoms with Gasteiger partial charge in [0.15, 0.2) is 0 Å². The summed E-state index contributed by atoms with van der Waals surface area (Å²) in [4.78, 5) is 5.53. The summed E-state index contributed by atoms with van der Waals surface area (Å²) in [5.41, 5.74) is 5.43. The number of hydroxylamine groups is 1. The second-order valence-electron chi connectivity index (χ2n) is 4.96. The minimum Gasteiger partial charge on any atom is -0.296 e. The van der Waals surface area contributed by atoms with Gasteiger partial charge in [-0.15, -0.1) is 0 Å². The Morgan fingerprint density at radius 1 is 1.13 bits per heavy atom. The lowest BCUT2D eigenvalue weighted by molar-refractivity contribution is -0.0866. The van der Waals surface area contributed by atoms with Crippen LogP contribution in [0.5, 0.6) is 0 Å². The van der Waals surface area contributed by atoms with Gasteiger partial charge < -0.3 is 0 Å². The van der Waals surface area contributed by atoms with Crippen LogP contribution < -0.4 is 5.48 Å². The molecule has 1 aromatic carbocycles. The molecule has 1 rings (SSSR count). The highest BCUT2D eigenvalue weighted by molar-refractivity contribution is 5.23. The minimum absolute atomic E-state index is 0.154. The maximum atomic E-state index is 5.53. The minimum atomic E-state index is -0.154. The summed E-state index contributed by atoms with van der Waals surface area (Å²) in [6.07, 6.45) is 0. The van der Waals surface area contributed by atoms with Gasteiger partial charge >= 0.3 is 0 Å². The zero-order valence-electron chi connectivity index (χ0n) is 10.3. The summed E-state index contributed by atoms with van der Waals surface area (Å²) < 4.78 is 0. The number of hydrogen-bond donors (Lipinski definition) is 1. The van der Waals surface area contributed by atoms with Crippen LogP contribution in [0.25, 0.3) is 0 Å². The molecule has 0 bridgehead atoms. The molecule has 0 heterocycles. The van der Waals surface area contributed by atoms with Gasteiger partial charge in [0.05, 0.1) is 11.6 Å². The lowest BCUT2D eigenvalue weighted by Crippen LogP contribution is -2.30. The van der Waals surface area contributed by atoms with E-state index in [9.17, 15) is 0 Å². The zero-order valence-corrected chi connectivity index (χ0v) is 10.3. The number of benzene rings is 1. The van der Waals surface area contributed by atoms with E-state index in [-0.39, 0.29) is 11.6 Å². The molecule has 0 spiro atoms. The summed E-state index contributed by atoms with van der Waals surface area (Å²) in [5, 5.41) is 0. The Kier molecular flexibility index (Phi) is 3.89. The number of rotatable bonds is 3. The van der Waals surface area contributed by atoms with Crippen molar-refractivity contribution in [2.24, 2.45) is 0 Å². The Morgan fingerprint density at radius 3 is 2.13 bits per heavy atom. The van der Waals surface area contributed by atoms with Crippen LogP contribution in [0, 0.1) is 6.92 Å². The first-order valence-electron chi connectivity index (χ1n) is 5.38. The number of hydrogen-bond acceptors (Lipinski definition) is 2. The Labute approximate surface area is 92.6 Å². The number of aryl methyl sites for hydroxylation is 1. The molecule has 1 atom stereocenters. The van der Waals surface area contributed by atoms with Crippen LogP contribution >= 0.6 is 0 Å². The van der Waals surface area contributed by atoms with E-state index in [4.69, 9.17) is 4.84 Å². The van der Waals surface area contributed by atoms with E-state index in [1.54, 1.807) is 0 Å². The van der Waals surface area contributed by atoms with E-state index in [1.807, 2.05) is 20.8 Å². The second kappa shape index (κ2) is 4.77. The Bertz CT molecular complexity index is 297. The monoisotopic (exact) mass is 207 g/mol. The third kappa shape index (κ3) is 4.45. The van der Waals surface area contributed by atoms with E-state index in [0.29, 0.717) is 0 Å². The summed E-state index contributed by atoms with van der Waals surface area (Å²) in [5.74, 6) is 0. The van der Waals surface area contributed by atoms with Crippen LogP contribution in [0.3, 0.4) is 0 Å². The molecular weight excluding hydrogens is 186 g/mol. The zero-order chi connectivity index (χ0) is 11.5. The molecular formula is C13H21NO. The van der Waals surface area contributed by atoms with Gasteiger partial charge in [0.25, 0.3) is 0 Å². The van der Waals surface area contributed by atoms with Crippen LogP contribution in [0.1, 0.15) is 44.9 Å². The highest BCUT2D eigenvalue weighted by Gasteiger charge is 2.13. The molecule has 0 saturated heterocycles. The molecule has 0 saturated carbocycles. The van der Waals surface area contributed by atoms with Crippen LogP contribution in [0.2, 0.25) is 0 Å². The van der Waals surface area contributed by atoms with Gasteiger partial charge in [0, 0.05) is 0 Å². The van der Waals surface area contributed by atoms with Gasteiger partial charge in [0.2, 0.25) is 0 Å². The fraction of sp³-hybridized carbons (Fsp3) is 0.538. The maximum Gasteiger partial charge on any atom is 0.0813 e. The van der Waals surface area contributed by atoms with Gasteiger partial charge in [-0.2, -0.15) is 5.48 Å². The van der Waals surface area contributed by atoms with Gasteiger partial charge in [-0.3, -0.25) is 4.84 Å². The first-order chi connectivity index (χ1) is 6.88. The quantitative estimate of drug-likeness (QED) is 0.767. The summed E-state index contributed by atoms with van der Waals surface area (Å²) in [6, 6.07) is 8.69. The van der Waals surface area contributed by atoms with Crippen molar-refractivity contribution in [1.82, 2.24) is 5.48 Å². The fourth-order valence-electron chi connectivity index (χ4n) is 1.19. The van der Waals surface area contributed by atoms with Crippen LogP contribution in [-0.2, 0) is 4.84 Å². The molecule has 0 radical (unpaired) electrons. The molecule has 1 N–H and O–H groups in total. The topological polar surface area (TPSA) is 21.3 Å². The van der Waals surface area contributed by atoms with E-state index < -0.39 is 0 Å². The molecule has 2 nitrogen and oxygen atoms in total. The van der Waals surface area contributed by atoms with Crippen molar-refractivity contribution < 1.29 is 4.84 Å². The molecule has 1 aromatic rings. The Morgan fingerprint density at radius 2 is 1.67 bits per heavy atom. The Balaban J connectivity index is 2.54. The molecule has 0 fully saturated rings. The van der Waals surface area contributed by atoms with Gasteiger partial charge in [-0.05, 0) is 40.2 Å². The molecule has 0 aliphatic heterocycles. The smallest absolute Gasteiger partial charge is 0.0813 e. The van der Waals surface area contributed by atoms with Crippen LogP contribution in [0.4, 0.5) is 0 Å². The van der Waals surface area contributed by atoms with Gasteiger partial charge in [-0.1, -0.05) is 29.8 Å². The molecule has 0 aliphatic carbocycles. The standard InChI is InChI=1S/C13H21NO/c1-10-6-8-12(9-7-10)11(2)14-15-13(3,4)5/h6-9,11,14H,1-5H3. The molecule has 0 aromatic heterocycles. The molecule has 0 aliphatic rings. The van der Waals surface area contributed by atoms with Crippen LogP contribution in [0.15, 0.2) is 24.3 Å². The normalized spacial score (nSPS) is 13.9. The van der Waals surface area contributed by atoms with Crippen molar-refractivity contribution >= 4 is 0 Å². The highest BCUT2D eigenvalue weighted by Crippen LogP contribution is 2.15. The lowest BCUT2D eigenvalue weighted by Gasteiger charge is -2.23. The summed E-state index contributed by atoms with van der Waals surface area (Å²) >= 11 is 0. The maximum absolute atomic E-state index is 5.53. The van der Waals surface area contributed by atoms with Crippen molar-refractivity contribution in [3.05, 3.63) is 35.4 Å². The summed E-state index contributed by atoms with van der Waals surface area (Å²) in [7, 11) is 0. The average Bonchev–Trinajstić information content (AvgIpc) is 2.14. The molecule has 2 heteroatoms. The van der Waals surface area contributed by atoms with Crippen molar-refractivity contribution in [1.29, 1.82) is 0 Å². The first kappa shape index (κ1) is 12.2. The number of nitrogens with one attached hydrogen (secondary N) is 1. The average molecular weight is 207 g/mol. The SMILES string of the molecule is Cc1ccc(C(C)NOC(C)(C)C)cc1. The third-order valence-electron chi connectivity index (χ3n) is 2.12. The van der Waals surface area contributed by atoms with Crippen molar-refractivity contribution in [2.45, 2.75) is 46.3 Å². The van der Waals surface area contributed by atoms with Gasteiger partial charge in [-0.25, -0.2) is 0 Å². The fourth-order valence-corrected chi connectivity index (χ4v) is 1.19.